The standard InChI is InChI=1S/C12H25N/c1-10(2)9-13-8-6-5-7-12(13)11(3)4/h10-12H,5-9H2,1-4H3/t12-/m1/s1. The van der Waals surface area contributed by atoms with Gasteiger partial charge in [-0.3, -0.25) is 4.90 Å². The second-order valence-corrected chi connectivity index (χ2v) is 5.20. The highest BCUT2D eigenvalue weighted by atomic mass is 15.2. The molecule has 1 saturated heterocycles. The van der Waals surface area contributed by atoms with Crippen molar-refractivity contribution in [2.45, 2.75) is 53.0 Å². The molecule has 1 aliphatic heterocycles. The number of rotatable bonds is 3. The summed E-state index contributed by atoms with van der Waals surface area (Å²) in [6.07, 6.45) is 4.28. The maximum atomic E-state index is 2.71. The van der Waals surface area contributed by atoms with E-state index < -0.39 is 0 Å². The number of nitrogens with zero attached hydrogens (tertiary/aromatic N) is 1. The highest BCUT2D eigenvalue weighted by Crippen LogP contribution is 2.23. The molecule has 1 rings (SSSR count). The van der Waals surface area contributed by atoms with Gasteiger partial charge in [-0.2, -0.15) is 0 Å². The summed E-state index contributed by atoms with van der Waals surface area (Å²) in [7, 11) is 0. The molecule has 0 amide bonds. The van der Waals surface area contributed by atoms with Gasteiger partial charge >= 0.3 is 0 Å². The fraction of sp³-hybridized carbons (Fsp3) is 1.00. The second-order valence-electron chi connectivity index (χ2n) is 5.20. The van der Waals surface area contributed by atoms with Crippen molar-refractivity contribution in [2.75, 3.05) is 13.1 Å². The lowest BCUT2D eigenvalue weighted by Gasteiger charge is -2.39. The Balaban J connectivity index is 2.46. The van der Waals surface area contributed by atoms with Gasteiger partial charge < -0.3 is 0 Å². The summed E-state index contributed by atoms with van der Waals surface area (Å²) in [5, 5.41) is 0. The monoisotopic (exact) mass is 183 g/mol. The van der Waals surface area contributed by atoms with E-state index in [1.165, 1.54) is 32.4 Å². The van der Waals surface area contributed by atoms with Crippen LogP contribution in [0.25, 0.3) is 0 Å². The summed E-state index contributed by atoms with van der Waals surface area (Å²) in [6, 6.07) is 0.858. The zero-order chi connectivity index (χ0) is 9.84. The van der Waals surface area contributed by atoms with Gasteiger partial charge in [0.05, 0.1) is 0 Å². The van der Waals surface area contributed by atoms with Crippen LogP contribution in [0.3, 0.4) is 0 Å². The molecule has 0 spiro atoms. The largest absolute Gasteiger partial charge is 0.300 e. The van der Waals surface area contributed by atoms with Crippen LogP contribution in [0.2, 0.25) is 0 Å². The van der Waals surface area contributed by atoms with Crippen LogP contribution in [0.5, 0.6) is 0 Å². The molecular weight excluding hydrogens is 158 g/mol. The SMILES string of the molecule is CC(C)CN1CCCC[C@@H]1C(C)C. The van der Waals surface area contributed by atoms with Crippen molar-refractivity contribution in [2.24, 2.45) is 11.8 Å². The Hall–Kier alpha value is -0.0400. The van der Waals surface area contributed by atoms with E-state index in [1.54, 1.807) is 0 Å². The Labute approximate surface area is 83.5 Å². The third kappa shape index (κ3) is 3.30. The van der Waals surface area contributed by atoms with E-state index in [2.05, 4.69) is 32.6 Å². The first-order valence-corrected chi connectivity index (χ1v) is 5.85. The third-order valence-electron chi connectivity index (χ3n) is 3.03. The van der Waals surface area contributed by atoms with Gasteiger partial charge in [0.25, 0.3) is 0 Å². The zero-order valence-corrected chi connectivity index (χ0v) is 9.71. The fourth-order valence-corrected chi connectivity index (χ4v) is 2.47. The van der Waals surface area contributed by atoms with Gasteiger partial charge in [-0.15, -0.1) is 0 Å². The van der Waals surface area contributed by atoms with Crippen LogP contribution in [0.1, 0.15) is 47.0 Å². The van der Waals surface area contributed by atoms with E-state index in [1.807, 2.05) is 0 Å². The smallest absolute Gasteiger partial charge is 0.0118 e. The van der Waals surface area contributed by atoms with Crippen molar-refractivity contribution in [3.8, 4) is 0 Å². The van der Waals surface area contributed by atoms with Crippen molar-refractivity contribution in [3.63, 3.8) is 0 Å². The lowest BCUT2D eigenvalue weighted by Crippen LogP contribution is -2.44. The lowest BCUT2D eigenvalue weighted by molar-refractivity contribution is 0.0989. The molecule has 0 aromatic rings. The Morgan fingerprint density at radius 3 is 2.38 bits per heavy atom. The van der Waals surface area contributed by atoms with Crippen molar-refractivity contribution < 1.29 is 0 Å². The van der Waals surface area contributed by atoms with Gasteiger partial charge in [0.1, 0.15) is 0 Å². The number of hydrogen-bond acceptors (Lipinski definition) is 1. The van der Waals surface area contributed by atoms with Crippen LogP contribution in [-0.4, -0.2) is 24.0 Å². The van der Waals surface area contributed by atoms with Gasteiger partial charge in [0, 0.05) is 12.6 Å². The summed E-state index contributed by atoms with van der Waals surface area (Å²) < 4.78 is 0. The molecule has 1 atom stereocenters. The van der Waals surface area contributed by atoms with Crippen molar-refractivity contribution >= 4 is 0 Å². The molecule has 1 aliphatic rings. The van der Waals surface area contributed by atoms with Gasteiger partial charge in [0.2, 0.25) is 0 Å². The minimum Gasteiger partial charge on any atom is -0.300 e. The van der Waals surface area contributed by atoms with Gasteiger partial charge in [-0.05, 0) is 31.2 Å². The first kappa shape index (κ1) is 11.0. The molecular formula is C12H25N. The first-order chi connectivity index (χ1) is 6.11. The Bertz CT molecular complexity index is 140. The Morgan fingerprint density at radius 1 is 1.15 bits per heavy atom. The molecule has 1 fully saturated rings. The second kappa shape index (κ2) is 4.99. The van der Waals surface area contributed by atoms with Crippen molar-refractivity contribution in [3.05, 3.63) is 0 Å². The quantitative estimate of drug-likeness (QED) is 0.649. The van der Waals surface area contributed by atoms with Crippen LogP contribution in [0, 0.1) is 11.8 Å². The molecule has 1 heterocycles. The number of likely N-dealkylation sites (tertiary alicyclic amines) is 1. The molecule has 0 aliphatic carbocycles. The van der Waals surface area contributed by atoms with E-state index in [0.717, 1.165) is 17.9 Å². The average molecular weight is 183 g/mol. The van der Waals surface area contributed by atoms with Crippen LogP contribution in [-0.2, 0) is 0 Å². The van der Waals surface area contributed by atoms with E-state index in [-0.39, 0.29) is 0 Å². The zero-order valence-electron chi connectivity index (χ0n) is 9.71. The summed E-state index contributed by atoms with van der Waals surface area (Å²) in [4.78, 5) is 2.71. The summed E-state index contributed by atoms with van der Waals surface area (Å²) in [5.41, 5.74) is 0. The minimum absolute atomic E-state index is 0.819. The molecule has 0 bridgehead atoms. The topological polar surface area (TPSA) is 3.24 Å². The molecule has 0 aromatic heterocycles. The molecule has 0 aromatic carbocycles. The molecule has 0 unspecified atom stereocenters. The number of hydrogen-bond donors (Lipinski definition) is 0. The summed E-state index contributed by atoms with van der Waals surface area (Å²) in [5.74, 6) is 1.65. The van der Waals surface area contributed by atoms with E-state index >= 15 is 0 Å². The first-order valence-electron chi connectivity index (χ1n) is 5.85. The molecule has 78 valence electrons. The van der Waals surface area contributed by atoms with Gasteiger partial charge in [-0.25, -0.2) is 0 Å². The van der Waals surface area contributed by atoms with E-state index in [9.17, 15) is 0 Å². The summed E-state index contributed by atoms with van der Waals surface area (Å²) in [6.45, 7) is 12.0. The molecule has 1 nitrogen and oxygen atoms in total. The van der Waals surface area contributed by atoms with E-state index in [4.69, 9.17) is 0 Å². The predicted octanol–water partition coefficient (Wildman–Crippen LogP) is 3.15. The average Bonchev–Trinajstić information content (AvgIpc) is 2.03. The van der Waals surface area contributed by atoms with E-state index in [0.29, 0.717) is 0 Å². The number of piperidine rings is 1. The fourth-order valence-electron chi connectivity index (χ4n) is 2.47. The highest BCUT2D eigenvalue weighted by Gasteiger charge is 2.24. The molecule has 13 heavy (non-hydrogen) atoms. The normalized spacial score (nSPS) is 25.8. The van der Waals surface area contributed by atoms with Gasteiger partial charge in [0.15, 0.2) is 0 Å². The van der Waals surface area contributed by atoms with Crippen LogP contribution >= 0.6 is 0 Å². The Morgan fingerprint density at radius 2 is 1.85 bits per heavy atom. The molecule has 0 saturated carbocycles. The molecule has 0 radical (unpaired) electrons. The third-order valence-corrected chi connectivity index (χ3v) is 3.03. The minimum atomic E-state index is 0.819. The van der Waals surface area contributed by atoms with Crippen molar-refractivity contribution in [1.29, 1.82) is 0 Å². The van der Waals surface area contributed by atoms with Crippen LogP contribution in [0.4, 0.5) is 0 Å². The van der Waals surface area contributed by atoms with Gasteiger partial charge in [-0.1, -0.05) is 34.1 Å². The predicted molar refractivity (Wildman–Crippen MR) is 58.9 cm³/mol. The van der Waals surface area contributed by atoms with Crippen LogP contribution in [0.15, 0.2) is 0 Å². The van der Waals surface area contributed by atoms with Crippen LogP contribution < -0.4 is 0 Å². The highest BCUT2D eigenvalue weighted by molar-refractivity contribution is 4.79. The Kier molecular flexibility index (Phi) is 4.24. The maximum absolute atomic E-state index is 2.71. The lowest BCUT2D eigenvalue weighted by atomic mass is 9.92. The molecule has 1 heteroatoms. The molecule has 0 N–H and O–H groups in total. The summed E-state index contributed by atoms with van der Waals surface area (Å²) >= 11 is 0. The maximum Gasteiger partial charge on any atom is 0.0118 e. The van der Waals surface area contributed by atoms with Crippen molar-refractivity contribution in [1.82, 2.24) is 4.90 Å².